The van der Waals surface area contributed by atoms with Gasteiger partial charge in [-0.3, -0.25) is 0 Å². The molecular formula is C34H23N7S4. The average Bonchev–Trinajstić information content (AvgIpc) is 3.86. The number of rotatable bonds is 5. The summed E-state index contributed by atoms with van der Waals surface area (Å²) in [6, 6.07) is 16.5. The van der Waals surface area contributed by atoms with Crippen LogP contribution in [-0.2, 0) is 17.8 Å². The second kappa shape index (κ2) is 11.4. The van der Waals surface area contributed by atoms with Crippen molar-refractivity contribution in [2.75, 3.05) is 5.73 Å². The molecule has 0 atom stereocenters. The van der Waals surface area contributed by atoms with Crippen LogP contribution in [0.4, 0.5) is 11.4 Å². The Bertz CT molecular complexity index is 2220. The van der Waals surface area contributed by atoms with E-state index in [1.165, 1.54) is 40.1 Å². The van der Waals surface area contributed by atoms with Crippen molar-refractivity contribution in [2.24, 2.45) is 4.36 Å². The molecule has 0 bridgehead atoms. The molecular weight excluding hydrogens is 635 g/mol. The molecule has 5 aromatic rings. The van der Waals surface area contributed by atoms with Gasteiger partial charge in [0, 0.05) is 54.0 Å². The predicted octanol–water partition coefficient (Wildman–Crippen LogP) is 10.0. The zero-order valence-corrected chi connectivity index (χ0v) is 27.3. The second-order valence-corrected chi connectivity index (χ2v) is 14.1. The third kappa shape index (κ3) is 4.61. The van der Waals surface area contributed by atoms with Gasteiger partial charge in [-0.1, -0.05) is 49.6 Å². The van der Waals surface area contributed by atoms with Crippen molar-refractivity contribution < 1.29 is 0 Å². The molecule has 218 valence electrons. The molecule has 0 amide bonds. The van der Waals surface area contributed by atoms with E-state index in [-0.39, 0.29) is 11.0 Å². The van der Waals surface area contributed by atoms with Crippen LogP contribution in [0.1, 0.15) is 61.3 Å². The van der Waals surface area contributed by atoms with Crippen LogP contribution in [0.2, 0.25) is 0 Å². The Morgan fingerprint density at radius 2 is 1.58 bits per heavy atom. The van der Waals surface area contributed by atoms with Crippen molar-refractivity contribution in [1.29, 1.82) is 10.5 Å². The molecule has 2 aliphatic carbocycles. The summed E-state index contributed by atoms with van der Waals surface area (Å²) in [5.41, 5.74) is 15.8. The molecule has 0 unspecified atom stereocenters. The summed E-state index contributed by atoms with van der Waals surface area (Å²) in [5, 5.41) is 18.6. The number of aromatic nitrogens is 2. The highest BCUT2D eigenvalue weighted by molar-refractivity contribution is 7.47. The van der Waals surface area contributed by atoms with Gasteiger partial charge in [0.1, 0.15) is 34.4 Å². The van der Waals surface area contributed by atoms with Gasteiger partial charge in [-0.25, -0.2) is 4.85 Å². The van der Waals surface area contributed by atoms with Crippen LogP contribution in [0.25, 0.3) is 58.7 Å². The van der Waals surface area contributed by atoms with Gasteiger partial charge in [-0.15, -0.1) is 22.7 Å². The van der Waals surface area contributed by atoms with Gasteiger partial charge in [0.25, 0.3) is 0 Å². The Morgan fingerprint density at radius 3 is 2.22 bits per heavy atom. The summed E-state index contributed by atoms with van der Waals surface area (Å²) in [7, 11) is 0. The summed E-state index contributed by atoms with van der Waals surface area (Å²) in [6.45, 7) is 9.05. The largest absolute Gasteiger partial charge is 0.396 e. The Kier molecular flexibility index (Phi) is 7.40. The number of nitrogen functional groups attached to an aromatic ring is 1. The Labute approximate surface area is 277 Å². The van der Waals surface area contributed by atoms with Gasteiger partial charge in [0.2, 0.25) is 0 Å². The number of anilines is 1. The Morgan fingerprint density at radius 1 is 0.956 bits per heavy atom. The van der Waals surface area contributed by atoms with Gasteiger partial charge in [-0.2, -0.15) is 23.6 Å². The number of nitriles is 2. The topological polar surface area (TPSA) is 116 Å². The zero-order valence-electron chi connectivity index (χ0n) is 24.0. The minimum absolute atomic E-state index is 0.0331. The normalized spacial score (nSPS) is 14.8. The SMILES string of the molecule is [C-]#[N+]/C(C)=C\c1ccc(-c2cc3c(s2)-c2sc(-c4ccc(C=C(C#N)C#N)c5nsnc45)cc2C32CCCCC2)c(N=S)c1N. The van der Waals surface area contributed by atoms with Gasteiger partial charge >= 0.3 is 0 Å². The molecule has 0 aliphatic heterocycles. The van der Waals surface area contributed by atoms with E-state index in [0.29, 0.717) is 28.2 Å². The van der Waals surface area contributed by atoms with Crippen LogP contribution in [0, 0.1) is 29.2 Å². The van der Waals surface area contributed by atoms with E-state index in [1.54, 1.807) is 41.7 Å². The summed E-state index contributed by atoms with van der Waals surface area (Å²) in [5.74, 6) is 0. The molecule has 2 N–H and O–H groups in total. The number of nitrogens with two attached hydrogens (primary N) is 1. The molecule has 1 saturated carbocycles. The van der Waals surface area contributed by atoms with Gasteiger partial charge < -0.3 is 5.73 Å². The standard InChI is InChI=1S/C34H23N7S4/c1-18(38-2)12-20-6-8-22(30(39-42)28(20)37)26-14-24-32(43-26)33-25(34(24)10-4-3-5-11-34)15-27(44-33)23-9-7-21(13-19(16-35)17-36)29-31(23)41-45-40-29/h6-9,12-15H,3-5,10-11,37H2,1H3/b18-12-. The van der Waals surface area contributed by atoms with Crippen LogP contribution < -0.4 is 5.73 Å². The maximum absolute atomic E-state index is 9.28. The smallest absolute Gasteiger partial charge is 0.163 e. The van der Waals surface area contributed by atoms with E-state index < -0.39 is 0 Å². The summed E-state index contributed by atoms with van der Waals surface area (Å²) < 4.78 is 13.3. The molecule has 0 radical (unpaired) electrons. The number of nitrogens with zero attached hydrogens (tertiary/aromatic N) is 6. The highest BCUT2D eigenvalue weighted by Gasteiger charge is 2.46. The lowest BCUT2D eigenvalue weighted by molar-refractivity contribution is 0.354. The van der Waals surface area contributed by atoms with Crippen molar-refractivity contribution in [3.05, 3.63) is 81.3 Å². The molecule has 0 saturated heterocycles. The molecule has 2 aromatic carbocycles. The van der Waals surface area contributed by atoms with E-state index in [2.05, 4.69) is 30.1 Å². The number of hydrogen-bond donors (Lipinski definition) is 1. The quantitative estimate of drug-likeness (QED) is 0.114. The molecule has 11 heteroatoms. The average molecular weight is 658 g/mol. The highest BCUT2D eigenvalue weighted by Crippen LogP contribution is 2.63. The number of fused-ring (bicyclic) bond motifs is 6. The van der Waals surface area contributed by atoms with E-state index in [0.717, 1.165) is 56.5 Å². The van der Waals surface area contributed by atoms with Gasteiger partial charge in [0.15, 0.2) is 5.70 Å². The first-order valence-corrected chi connectivity index (χ1v) is 17.0. The summed E-state index contributed by atoms with van der Waals surface area (Å²) in [6.07, 6.45) is 9.13. The van der Waals surface area contributed by atoms with Crippen molar-refractivity contribution in [2.45, 2.75) is 44.4 Å². The molecule has 1 fully saturated rings. The number of thiophene rings is 2. The van der Waals surface area contributed by atoms with Crippen LogP contribution >= 0.6 is 34.4 Å². The molecule has 45 heavy (non-hydrogen) atoms. The molecule has 7 nitrogen and oxygen atoms in total. The van der Waals surface area contributed by atoms with E-state index in [9.17, 15) is 10.5 Å². The van der Waals surface area contributed by atoms with Crippen molar-refractivity contribution in [3.8, 4) is 42.8 Å². The second-order valence-electron chi connectivity index (χ2n) is 11.2. The third-order valence-corrected chi connectivity index (χ3v) is 12.0. The maximum atomic E-state index is 9.28. The first-order valence-electron chi connectivity index (χ1n) is 14.3. The van der Waals surface area contributed by atoms with Crippen LogP contribution in [0.3, 0.4) is 0 Å². The third-order valence-electron chi connectivity index (χ3n) is 8.81. The maximum Gasteiger partial charge on any atom is 0.163 e. The molecule has 1 spiro atoms. The van der Waals surface area contributed by atoms with Crippen molar-refractivity contribution in [1.82, 2.24) is 8.75 Å². The fraction of sp³-hybridized carbons (Fsp3) is 0.206. The summed E-state index contributed by atoms with van der Waals surface area (Å²) in [4.78, 5) is 8.31. The first-order chi connectivity index (χ1) is 21.9. The molecule has 7 rings (SSSR count). The lowest BCUT2D eigenvalue weighted by Gasteiger charge is -2.34. The lowest BCUT2D eigenvalue weighted by Crippen LogP contribution is -2.27. The first kappa shape index (κ1) is 29.2. The van der Waals surface area contributed by atoms with E-state index >= 15 is 0 Å². The Hall–Kier alpha value is -4.57. The minimum atomic E-state index is -0.0464. The van der Waals surface area contributed by atoms with Crippen LogP contribution in [-0.4, -0.2) is 8.75 Å². The summed E-state index contributed by atoms with van der Waals surface area (Å²) >= 11 is 9.91. The van der Waals surface area contributed by atoms with E-state index in [1.807, 2.05) is 36.4 Å². The monoisotopic (exact) mass is 657 g/mol. The van der Waals surface area contributed by atoms with Gasteiger partial charge in [-0.05, 0) is 54.7 Å². The number of benzene rings is 2. The van der Waals surface area contributed by atoms with Gasteiger partial charge in [0.05, 0.1) is 24.0 Å². The fourth-order valence-electron chi connectivity index (χ4n) is 6.68. The van der Waals surface area contributed by atoms with E-state index in [4.69, 9.17) is 24.7 Å². The van der Waals surface area contributed by atoms with Crippen LogP contribution in [0.5, 0.6) is 0 Å². The van der Waals surface area contributed by atoms with Crippen molar-refractivity contribution in [3.63, 3.8) is 0 Å². The molecule has 2 aliphatic rings. The highest BCUT2D eigenvalue weighted by atomic mass is 32.1. The fourth-order valence-corrected chi connectivity index (χ4v) is 10.2. The molecule has 3 aromatic heterocycles. The zero-order chi connectivity index (χ0) is 31.3. The number of hydrogen-bond acceptors (Lipinski definition) is 10. The minimum Gasteiger partial charge on any atom is -0.396 e. The van der Waals surface area contributed by atoms with Crippen molar-refractivity contribution >= 4 is 81.4 Å². The predicted molar refractivity (Wildman–Crippen MR) is 187 cm³/mol. The molecule has 3 heterocycles. The Balaban J connectivity index is 1.37. The number of allylic oxidation sites excluding steroid dienone is 2. The lowest BCUT2D eigenvalue weighted by atomic mass is 9.68. The van der Waals surface area contributed by atoms with Crippen LogP contribution in [0.15, 0.2) is 52.0 Å².